The van der Waals surface area contributed by atoms with Crippen LogP contribution in [0.3, 0.4) is 0 Å². The van der Waals surface area contributed by atoms with Crippen molar-refractivity contribution in [3.8, 4) is 0 Å². The second-order valence-corrected chi connectivity index (χ2v) is 6.51. The van der Waals surface area contributed by atoms with Crippen LogP contribution in [0.4, 0.5) is 0 Å². The van der Waals surface area contributed by atoms with Gasteiger partial charge in [-0.1, -0.05) is 51.1 Å². The molecule has 1 aromatic rings. The molecule has 0 aliphatic heterocycles. The van der Waals surface area contributed by atoms with E-state index in [0.717, 1.165) is 6.42 Å². The third-order valence-electron chi connectivity index (χ3n) is 3.21. The summed E-state index contributed by atoms with van der Waals surface area (Å²) in [6.07, 6.45) is 0.987. The van der Waals surface area contributed by atoms with E-state index in [2.05, 4.69) is 43.5 Å². The monoisotopic (exact) mass is 276 g/mol. The molecule has 20 heavy (non-hydrogen) atoms. The van der Waals surface area contributed by atoms with Crippen molar-refractivity contribution < 1.29 is 4.79 Å². The topological polar surface area (TPSA) is 41.1 Å². The van der Waals surface area contributed by atoms with Crippen LogP contribution >= 0.6 is 0 Å². The summed E-state index contributed by atoms with van der Waals surface area (Å²) < 4.78 is 0. The summed E-state index contributed by atoms with van der Waals surface area (Å²) in [6, 6.07) is 10.3. The molecule has 0 aliphatic rings. The lowest BCUT2D eigenvalue weighted by atomic mass is 9.85. The smallest absolute Gasteiger partial charge is 0.236 e. The minimum Gasteiger partial charge on any atom is -0.355 e. The number of hydrogen-bond donors (Lipinski definition) is 2. The highest BCUT2D eigenvalue weighted by atomic mass is 16.2. The first-order valence-corrected chi connectivity index (χ1v) is 7.42. The van der Waals surface area contributed by atoms with Crippen LogP contribution in [-0.2, 0) is 4.79 Å². The molecule has 0 heterocycles. The zero-order valence-electron chi connectivity index (χ0n) is 13.4. The maximum absolute atomic E-state index is 11.9. The molecule has 112 valence electrons. The fourth-order valence-corrected chi connectivity index (χ4v) is 2.28. The normalized spacial score (nSPS) is 14.7. The molecule has 0 fully saturated rings. The Morgan fingerprint density at radius 2 is 1.80 bits per heavy atom. The van der Waals surface area contributed by atoms with Gasteiger partial charge in [0.1, 0.15) is 0 Å². The Kier molecular flexibility index (Phi) is 6.21. The second-order valence-electron chi connectivity index (χ2n) is 6.51. The SMILES string of the molecule is CCNC(=O)C(C)NC(CC(C)(C)C)c1ccccc1. The van der Waals surface area contributed by atoms with E-state index in [1.54, 1.807) is 0 Å². The van der Waals surface area contributed by atoms with Gasteiger partial charge in [-0.15, -0.1) is 0 Å². The van der Waals surface area contributed by atoms with Gasteiger partial charge in [-0.2, -0.15) is 0 Å². The summed E-state index contributed by atoms with van der Waals surface area (Å²) in [4.78, 5) is 11.9. The van der Waals surface area contributed by atoms with Crippen molar-refractivity contribution >= 4 is 5.91 Å². The Balaban J connectivity index is 2.81. The Morgan fingerprint density at radius 3 is 2.30 bits per heavy atom. The van der Waals surface area contributed by atoms with Gasteiger partial charge in [0.15, 0.2) is 0 Å². The highest BCUT2D eigenvalue weighted by Crippen LogP contribution is 2.29. The third kappa shape index (κ3) is 5.74. The van der Waals surface area contributed by atoms with Crippen LogP contribution in [-0.4, -0.2) is 18.5 Å². The summed E-state index contributed by atoms with van der Waals surface area (Å²) in [7, 11) is 0. The van der Waals surface area contributed by atoms with Crippen molar-refractivity contribution in [2.24, 2.45) is 5.41 Å². The van der Waals surface area contributed by atoms with Crippen LogP contribution in [0.2, 0.25) is 0 Å². The molecular weight excluding hydrogens is 248 g/mol. The van der Waals surface area contributed by atoms with Crippen LogP contribution in [0.5, 0.6) is 0 Å². The molecule has 1 aromatic carbocycles. The first kappa shape index (κ1) is 16.7. The molecule has 1 rings (SSSR count). The largest absolute Gasteiger partial charge is 0.355 e. The summed E-state index contributed by atoms with van der Waals surface area (Å²) in [6.45, 7) is 11.2. The first-order chi connectivity index (χ1) is 9.33. The van der Waals surface area contributed by atoms with E-state index in [9.17, 15) is 4.79 Å². The van der Waals surface area contributed by atoms with Crippen molar-refractivity contribution in [2.45, 2.75) is 53.1 Å². The van der Waals surface area contributed by atoms with Crippen molar-refractivity contribution in [1.82, 2.24) is 10.6 Å². The van der Waals surface area contributed by atoms with Gasteiger partial charge in [0.25, 0.3) is 0 Å². The number of benzene rings is 1. The molecule has 3 heteroatoms. The summed E-state index contributed by atoms with van der Waals surface area (Å²) in [5.41, 5.74) is 1.44. The lowest BCUT2D eigenvalue weighted by Gasteiger charge is -2.29. The zero-order chi connectivity index (χ0) is 15.2. The van der Waals surface area contributed by atoms with Crippen molar-refractivity contribution in [2.75, 3.05) is 6.54 Å². The van der Waals surface area contributed by atoms with Crippen LogP contribution in [0, 0.1) is 5.41 Å². The number of carbonyl (C=O) groups is 1. The van der Waals surface area contributed by atoms with E-state index < -0.39 is 0 Å². The van der Waals surface area contributed by atoms with Gasteiger partial charge in [0.2, 0.25) is 5.91 Å². The predicted octanol–water partition coefficient (Wildman–Crippen LogP) is 3.28. The Bertz CT molecular complexity index is 409. The molecule has 0 saturated carbocycles. The first-order valence-electron chi connectivity index (χ1n) is 7.42. The second kappa shape index (κ2) is 7.44. The van der Waals surface area contributed by atoms with Crippen molar-refractivity contribution in [3.05, 3.63) is 35.9 Å². The number of hydrogen-bond acceptors (Lipinski definition) is 2. The molecule has 0 aromatic heterocycles. The molecule has 0 aliphatic carbocycles. The maximum Gasteiger partial charge on any atom is 0.236 e. The molecule has 3 nitrogen and oxygen atoms in total. The third-order valence-corrected chi connectivity index (χ3v) is 3.21. The maximum atomic E-state index is 11.9. The number of amides is 1. The van der Waals surface area contributed by atoms with Crippen molar-refractivity contribution in [3.63, 3.8) is 0 Å². The van der Waals surface area contributed by atoms with Gasteiger partial charge in [-0.05, 0) is 31.2 Å². The van der Waals surface area contributed by atoms with Gasteiger partial charge < -0.3 is 5.32 Å². The summed E-state index contributed by atoms with van der Waals surface area (Å²) in [5, 5.41) is 6.33. The van der Waals surface area contributed by atoms with Gasteiger partial charge >= 0.3 is 0 Å². The van der Waals surface area contributed by atoms with Crippen LogP contribution in [0.15, 0.2) is 30.3 Å². The molecule has 2 N–H and O–H groups in total. The van der Waals surface area contributed by atoms with E-state index in [4.69, 9.17) is 0 Å². The van der Waals surface area contributed by atoms with E-state index >= 15 is 0 Å². The van der Waals surface area contributed by atoms with Crippen LogP contribution < -0.4 is 10.6 Å². The van der Waals surface area contributed by atoms with Crippen molar-refractivity contribution in [1.29, 1.82) is 0 Å². The fourth-order valence-electron chi connectivity index (χ4n) is 2.28. The van der Waals surface area contributed by atoms with Gasteiger partial charge in [0, 0.05) is 12.6 Å². The van der Waals surface area contributed by atoms with Gasteiger partial charge in [-0.3, -0.25) is 10.1 Å². The highest BCUT2D eigenvalue weighted by molar-refractivity contribution is 5.81. The molecule has 2 unspecified atom stereocenters. The quantitative estimate of drug-likeness (QED) is 0.837. The molecule has 1 amide bonds. The van der Waals surface area contributed by atoms with E-state index in [1.165, 1.54) is 5.56 Å². The Morgan fingerprint density at radius 1 is 1.20 bits per heavy atom. The molecule has 0 spiro atoms. The van der Waals surface area contributed by atoms with E-state index in [-0.39, 0.29) is 23.4 Å². The average Bonchev–Trinajstić information content (AvgIpc) is 2.37. The van der Waals surface area contributed by atoms with E-state index in [0.29, 0.717) is 6.54 Å². The fraction of sp³-hybridized carbons (Fsp3) is 0.588. The Labute approximate surface area is 123 Å². The standard InChI is InChI=1S/C17H28N2O/c1-6-18-16(20)13(2)19-15(12-17(3,4)5)14-10-8-7-9-11-14/h7-11,13,15,19H,6,12H2,1-5H3,(H,18,20). The van der Waals surface area contributed by atoms with Gasteiger partial charge in [0.05, 0.1) is 6.04 Å². The zero-order valence-corrected chi connectivity index (χ0v) is 13.4. The van der Waals surface area contributed by atoms with Crippen LogP contribution in [0.1, 0.15) is 52.6 Å². The lowest BCUT2D eigenvalue weighted by Crippen LogP contribution is -2.44. The number of carbonyl (C=O) groups excluding carboxylic acids is 1. The highest BCUT2D eigenvalue weighted by Gasteiger charge is 2.23. The minimum atomic E-state index is -0.192. The molecular formula is C17H28N2O. The Hall–Kier alpha value is -1.35. The molecule has 0 bridgehead atoms. The number of likely N-dealkylation sites (N-methyl/N-ethyl adjacent to an activating group) is 1. The van der Waals surface area contributed by atoms with Crippen LogP contribution in [0.25, 0.3) is 0 Å². The average molecular weight is 276 g/mol. The molecule has 2 atom stereocenters. The molecule has 0 radical (unpaired) electrons. The summed E-state index contributed by atoms with van der Waals surface area (Å²) in [5.74, 6) is 0.0577. The van der Waals surface area contributed by atoms with E-state index in [1.807, 2.05) is 32.0 Å². The molecule has 0 saturated heterocycles. The van der Waals surface area contributed by atoms with Gasteiger partial charge in [-0.25, -0.2) is 0 Å². The predicted molar refractivity (Wildman–Crippen MR) is 84.5 cm³/mol. The minimum absolute atomic E-state index is 0.0577. The lowest BCUT2D eigenvalue weighted by molar-refractivity contribution is -0.122. The summed E-state index contributed by atoms with van der Waals surface area (Å²) >= 11 is 0. The number of rotatable bonds is 6. The number of nitrogens with one attached hydrogen (secondary N) is 2.